The second kappa shape index (κ2) is 7.40. The van der Waals surface area contributed by atoms with E-state index in [1.165, 1.54) is 29.2 Å². The molecule has 0 aromatic heterocycles. The Morgan fingerprint density at radius 3 is 2.34 bits per heavy atom. The summed E-state index contributed by atoms with van der Waals surface area (Å²) < 4.78 is 23.0. The van der Waals surface area contributed by atoms with Gasteiger partial charge in [0, 0.05) is 40.7 Å². The number of halogens is 1. The molecule has 0 radical (unpaired) electrons. The average Bonchev–Trinajstić information content (AvgIpc) is 2.67. The van der Waals surface area contributed by atoms with E-state index in [1.807, 2.05) is 18.2 Å². The number of primary sulfonamides is 1. The first-order valence-electron chi connectivity index (χ1n) is 9.24. The molecule has 0 spiro atoms. The van der Waals surface area contributed by atoms with Crippen LogP contribution >= 0.6 is 11.6 Å². The lowest BCUT2D eigenvalue weighted by Gasteiger charge is -2.38. The number of benzene rings is 2. The van der Waals surface area contributed by atoms with Gasteiger partial charge < -0.3 is 0 Å². The van der Waals surface area contributed by atoms with Gasteiger partial charge >= 0.3 is 0 Å². The minimum atomic E-state index is -3.83. The SMILES string of the molecule is NS(=O)(=O)c1ccc(N2C(=O)CC(c3ccccc3Cl)C3=C2CCCC3=O)cc1. The Hall–Kier alpha value is -2.48. The molecule has 0 fully saturated rings. The van der Waals surface area contributed by atoms with Crippen LogP contribution in [0.25, 0.3) is 0 Å². The van der Waals surface area contributed by atoms with Crippen LogP contribution in [0.15, 0.2) is 64.7 Å². The summed E-state index contributed by atoms with van der Waals surface area (Å²) in [4.78, 5) is 27.5. The van der Waals surface area contributed by atoms with E-state index in [-0.39, 0.29) is 28.9 Å². The van der Waals surface area contributed by atoms with Crippen LogP contribution in [-0.2, 0) is 19.6 Å². The molecule has 2 aromatic rings. The van der Waals surface area contributed by atoms with Crippen molar-refractivity contribution in [2.75, 3.05) is 4.90 Å². The summed E-state index contributed by atoms with van der Waals surface area (Å²) in [5.74, 6) is -0.513. The maximum Gasteiger partial charge on any atom is 0.238 e. The number of allylic oxidation sites excluding steroid dienone is 2. The van der Waals surface area contributed by atoms with E-state index < -0.39 is 10.0 Å². The van der Waals surface area contributed by atoms with E-state index in [0.29, 0.717) is 41.2 Å². The first-order valence-corrected chi connectivity index (χ1v) is 11.2. The molecule has 2 N–H and O–H groups in total. The van der Waals surface area contributed by atoms with Crippen LogP contribution in [0.1, 0.15) is 37.2 Å². The van der Waals surface area contributed by atoms with Crippen LogP contribution in [0.2, 0.25) is 5.02 Å². The second-order valence-corrected chi connectivity index (χ2v) is 9.15. The molecule has 0 saturated carbocycles. The maximum atomic E-state index is 13.1. The highest BCUT2D eigenvalue weighted by Gasteiger charge is 2.40. The van der Waals surface area contributed by atoms with E-state index in [2.05, 4.69) is 0 Å². The number of Topliss-reactive ketones (excluding diaryl/α,β-unsaturated/α-hetero) is 1. The first kappa shape index (κ1) is 19.8. The number of rotatable bonds is 3. The van der Waals surface area contributed by atoms with Crippen LogP contribution in [0.5, 0.6) is 0 Å². The Balaban J connectivity index is 1.84. The summed E-state index contributed by atoms with van der Waals surface area (Å²) >= 11 is 6.37. The van der Waals surface area contributed by atoms with E-state index in [1.54, 1.807) is 6.07 Å². The molecule has 1 amide bonds. The lowest BCUT2D eigenvalue weighted by atomic mass is 9.77. The van der Waals surface area contributed by atoms with Crippen molar-refractivity contribution >= 4 is 39.0 Å². The molecule has 1 aliphatic heterocycles. The van der Waals surface area contributed by atoms with Crippen molar-refractivity contribution in [2.45, 2.75) is 36.5 Å². The zero-order valence-corrected chi connectivity index (χ0v) is 17.0. The fraction of sp³-hybridized carbons (Fsp3) is 0.238. The Morgan fingerprint density at radius 2 is 1.69 bits per heavy atom. The van der Waals surface area contributed by atoms with Crippen LogP contribution < -0.4 is 10.0 Å². The number of nitrogens with two attached hydrogens (primary N) is 1. The zero-order chi connectivity index (χ0) is 20.8. The van der Waals surface area contributed by atoms with Gasteiger partial charge in [-0.2, -0.15) is 0 Å². The van der Waals surface area contributed by atoms with Crippen LogP contribution in [-0.4, -0.2) is 20.1 Å². The zero-order valence-electron chi connectivity index (χ0n) is 15.5. The predicted octanol–water partition coefficient (Wildman–Crippen LogP) is 3.52. The lowest BCUT2D eigenvalue weighted by molar-refractivity contribution is -0.119. The van der Waals surface area contributed by atoms with Gasteiger partial charge in [-0.3, -0.25) is 14.5 Å². The number of anilines is 1. The summed E-state index contributed by atoms with van der Waals surface area (Å²) in [5, 5.41) is 5.69. The predicted molar refractivity (Wildman–Crippen MR) is 110 cm³/mol. The van der Waals surface area contributed by atoms with Crippen molar-refractivity contribution in [1.29, 1.82) is 0 Å². The molecular formula is C21H19ClN2O4S. The Labute approximate surface area is 174 Å². The molecule has 1 atom stereocenters. The molecule has 1 unspecified atom stereocenters. The number of hydrogen-bond donors (Lipinski definition) is 1. The summed E-state index contributed by atoms with van der Waals surface area (Å²) in [6, 6.07) is 13.1. The molecule has 2 aromatic carbocycles. The van der Waals surface area contributed by atoms with E-state index in [4.69, 9.17) is 16.7 Å². The molecular weight excluding hydrogens is 412 g/mol. The number of nitrogens with zero attached hydrogens (tertiary/aromatic N) is 1. The third-order valence-corrected chi connectivity index (χ3v) is 6.65. The third kappa shape index (κ3) is 3.61. The van der Waals surface area contributed by atoms with Crippen molar-refractivity contribution in [3.8, 4) is 0 Å². The highest BCUT2D eigenvalue weighted by molar-refractivity contribution is 7.89. The molecule has 6 nitrogen and oxygen atoms in total. The number of amides is 1. The summed E-state index contributed by atoms with van der Waals surface area (Å²) in [6.07, 6.45) is 1.80. The summed E-state index contributed by atoms with van der Waals surface area (Å²) in [5.41, 5.74) is 2.59. The molecule has 2 aliphatic rings. The Kier molecular flexibility index (Phi) is 5.06. The van der Waals surface area contributed by atoms with Gasteiger partial charge in [0.25, 0.3) is 0 Å². The number of hydrogen-bond acceptors (Lipinski definition) is 4. The second-order valence-electron chi connectivity index (χ2n) is 7.18. The quantitative estimate of drug-likeness (QED) is 0.805. The molecule has 29 heavy (non-hydrogen) atoms. The monoisotopic (exact) mass is 430 g/mol. The Morgan fingerprint density at radius 1 is 1.00 bits per heavy atom. The third-order valence-electron chi connectivity index (χ3n) is 5.38. The van der Waals surface area contributed by atoms with E-state index in [9.17, 15) is 18.0 Å². The Bertz CT molecular complexity index is 1140. The number of carbonyl (C=O) groups excluding carboxylic acids is 2. The van der Waals surface area contributed by atoms with Gasteiger partial charge in [0.15, 0.2) is 5.78 Å². The lowest BCUT2D eigenvalue weighted by Crippen LogP contribution is -2.40. The average molecular weight is 431 g/mol. The van der Waals surface area contributed by atoms with Gasteiger partial charge in [-0.1, -0.05) is 29.8 Å². The molecule has 4 rings (SSSR count). The molecule has 1 heterocycles. The first-order chi connectivity index (χ1) is 13.8. The van der Waals surface area contributed by atoms with Gasteiger partial charge in [-0.05, 0) is 48.7 Å². The minimum absolute atomic E-state index is 0.0230. The molecule has 8 heteroatoms. The fourth-order valence-corrected chi connectivity index (χ4v) is 4.88. The minimum Gasteiger partial charge on any atom is -0.294 e. The van der Waals surface area contributed by atoms with Gasteiger partial charge in [0.05, 0.1) is 4.90 Å². The molecule has 0 saturated heterocycles. The normalized spacial score (nSPS) is 20.1. The van der Waals surface area contributed by atoms with Gasteiger partial charge in [-0.25, -0.2) is 13.6 Å². The van der Waals surface area contributed by atoms with Crippen molar-refractivity contribution in [2.24, 2.45) is 5.14 Å². The molecule has 0 bridgehead atoms. The smallest absolute Gasteiger partial charge is 0.238 e. The summed E-state index contributed by atoms with van der Waals surface area (Å²) in [7, 11) is -3.83. The van der Waals surface area contributed by atoms with Crippen LogP contribution in [0.3, 0.4) is 0 Å². The molecule has 1 aliphatic carbocycles. The topological polar surface area (TPSA) is 97.5 Å². The van der Waals surface area contributed by atoms with Crippen molar-refractivity contribution in [3.63, 3.8) is 0 Å². The number of sulfonamides is 1. The van der Waals surface area contributed by atoms with Crippen molar-refractivity contribution in [3.05, 3.63) is 70.4 Å². The van der Waals surface area contributed by atoms with Gasteiger partial charge in [0.2, 0.25) is 15.9 Å². The van der Waals surface area contributed by atoms with Crippen LogP contribution in [0, 0.1) is 0 Å². The van der Waals surface area contributed by atoms with E-state index in [0.717, 1.165) is 5.56 Å². The highest BCUT2D eigenvalue weighted by atomic mass is 35.5. The van der Waals surface area contributed by atoms with Crippen LogP contribution in [0.4, 0.5) is 5.69 Å². The van der Waals surface area contributed by atoms with Gasteiger partial charge in [-0.15, -0.1) is 0 Å². The standard InChI is InChI=1S/C21H19ClN2O4S/c22-17-5-2-1-4-15(17)16-12-20(26)24(18-6-3-7-19(25)21(16)18)13-8-10-14(11-9-13)29(23,27)28/h1-2,4-5,8-11,16H,3,6-7,12H2,(H2,23,27,28). The maximum absolute atomic E-state index is 13.1. The van der Waals surface area contributed by atoms with Gasteiger partial charge in [0.1, 0.15) is 0 Å². The highest BCUT2D eigenvalue weighted by Crippen LogP contribution is 2.44. The molecule has 150 valence electrons. The van der Waals surface area contributed by atoms with Crippen molar-refractivity contribution < 1.29 is 18.0 Å². The number of ketones is 1. The largest absolute Gasteiger partial charge is 0.294 e. The fourth-order valence-electron chi connectivity index (χ4n) is 4.10. The van der Waals surface area contributed by atoms with E-state index >= 15 is 0 Å². The summed E-state index contributed by atoms with van der Waals surface area (Å²) in [6.45, 7) is 0. The number of carbonyl (C=O) groups is 2. The van der Waals surface area contributed by atoms with Crippen molar-refractivity contribution in [1.82, 2.24) is 0 Å².